The number of carbonyl (C=O) groups excluding carboxylic acids is 1. The van der Waals surface area contributed by atoms with Gasteiger partial charge in [0.2, 0.25) is 0 Å². The van der Waals surface area contributed by atoms with Gasteiger partial charge in [0.15, 0.2) is 0 Å². The van der Waals surface area contributed by atoms with E-state index in [4.69, 9.17) is 22.6 Å². The van der Waals surface area contributed by atoms with Crippen molar-refractivity contribution >= 4 is 34.6 Å². The lowest BCUT2D eigenvalue weighted by Gasteiger charge is -2.11. The van der Waals surface area contributed by atoms with Crippen LogP contribution in [0, 0.1) is 11.3 Å². The molecule has 5 nitrogen and oxygen atoms in total. The Balaban J connectivity index is 2.36. The van der Waals surface area contributed by atoms with E-state index < -0.39 is 5.97 Å². The van der Waals surface area contributed by atoms with Crippen LogP contribution in [0.1, 0.15) is 15.9 Å². The van der Waals surface area contributed by atoms with Crippen molar-refractivity contribution in [1.29, 1.82) is 5.26 Å². The van der Waals surface area contributed by atoms with Crippen LogP contribution in [0.3, 0.4) is 0 Å². The third-order valence-electron chi connectivity index (χ3n) is 2.83. The van der Waals surface area contributed by atoms with Crippen LogP contribution in [-0.4, -0.2) is 13.1 Å². The number of halogens is 1. The molecule has 2 rings (SSSR count). The van der Waals surface area contributed by atoms with Crippen molar-refractivity contribution in [3.05, 3.63) is 52.5 Å². The molecule has 0 spiro atoms. The molecule has 2 aromatic carbocycles. The number of nitrogens with zero attached hydrogens (tertiary/aromatic N) is 1. The molecule has 0 heterocycles. The van der Waals surface area contributed by atoms with Gasteiger partial charge in [-0.15, -0.1) is 0 Å². The number of carbonyl (C=O) groups is 1. The van der Waals surface area contributed by atoms with E-state index in [1.807, 2.05) is 6.07 Å². The van der Waals surface area contributed by atoms with Crippen molar-refractivity contribution in [3.63, 3.8) is 0 Å². The highest BCUT2D eigenvalue weighted by Gasteiger charge is 2.11. The summed E-state index contributed by atoms with van der Waals surface area (Å²) in [6, 6.07) is 11.8. The van der Waals surface area contributed by atoms with Crippen LogP contribution in [0.15, 0.2) is 36.4 Å². The van der Waals surface area contributed by atoms with E-state index in [1.165, 1.54) is 7.11 Å². The van der Waals surface area contributed by atoms with Crippen LogP contribution in [0.4, 0.5) is 17.1 Å². The SMILES string of the molecule is COC(=O)c1cc(Nc2cc(C#N)ccc2Cl)ccc1N. The number of hydrogen-bond donors (Lipinski definition) is 2. The van der Waals surface area contributed by atoms with E-state index in [0.29, 0.717) is 27.6 Å². The van der Waals surface area contributed by atoms with Crippen LogP contribution in [0.5, 0.6) is 0 Å². The molecular formula is C15H12ClN3O2. The summed E-state index contributed by atoms with van der Waals surface area (Å²) in [6.45, 7) is 0. The van der Waals surface area contributed by atoms with E-state index in [-0.39, 0.29) is 5.56 Å². The highest BCUT2D eigenvalue weighted by atomic mass is 35.5. The summed E-state index contributed by atoms with van der Waals surface area (Å²) >= 11 is 6.08. The first-order valence-electron chi connectivity index (χ1n) is 5.99. The smallest absolute Gasteiger partial charge is 0.340 e. The number of rotatable bonds is 3. The minimum atomic E-state index is -0.520. The zero-order valence-corrected chi connectivity index (χ0v) is 11.9. The van der Waals surface area contributed by atoms with Crippen molar-refractivity contribution in [2.45, 2.75) is 0 Å². The van der Waals surface area contributed by atoms with Crippen molar-refractivity contribution in [2.24, 2.45) is 0 Å². The molecule has 0 aromatic heterocycles. The molecule has 0 unspecified atom stereocenters. The molecule has 0 bridgehead atoms. The maximum atomic E-state index is 11.6. The Morgan fingerprint density at radius 1 is 1.33 bits per heavy atom. The molecule has 0 aliphatic heterocycles. The third kappa shape index (κ3) is 3.25. The predicted molar refractivity (Wildman–Crippen MR) is 81.6 cm³/mol. The lowest BCUT2D eigenvalue weighted by molar-refractivity contribution is 0.0602. The number of nitrogens with one attached hydrogen (secondary N) is 1. The van der Waals surface area contributed by atoms with E-state index in [9.17, 15) is 4.79 Å². The Labute approximate surface area is 126 Å². The zero-order chi connectivity index (χ0) is 15.4. The van der Waals surface area contributed by atoms with Crippen LogP contribution < -0.4 is 11.1 Å². The standard InChI is InChI=1S/C15H12ClN3O2/c1-21-15(20)11-7-10(3-5-13(11)18)19-14-6-9(8-17)2-4-12(14)16/h2-7,19H,18H2,1H3. The number of nitrogen functional groups attached to an aromatic ring is 1. The summed E-state index contributed by atoms with van der Waals surface area (Å²) in [5.74, 6) is -0.520. The topological polar surface area (TPSA) is 88.1 Å². The molecule has 21 heavy (non-hydrogen) atoms. The molecule has 0 atom stereocenters. The van der Waals surface area contributed by atoms with Gasteiger partial charge in [0.25, 0.3) is 0 Å². The van der Waals surface area contributed by atoms with E-state index in [1.54, 1.807) is 36.4 Å². The van der Waals surface area contributed by atoms with Gasteiger partial charge in [0.05, 0.1) is 35.0 Å². The average Bonchev–Trinajstić information content (AvgIpc) is 2.50. The van der Waals surface area contributed by atoms with Gasteiger partial charge in [-0.1, -0.05) is 11.6 Å². The molecule has 6 heteroatoms. The number of nitriles is 1. The van der Waals surface area contributed by atoms with Crippen molar-refractivity contribution < 1.29 is 9.53 Å². The molecule has 0 aliphatic carbocycles. The van der Waals surface area contributed by atoms with Crippen molar-refractivity contribution in [2.75, 3.05) is 18.2 Å². The summed E-state index contributed by atoms with van der Waals surface area (Å²) in [4.78, 5) is 11.6. The molecule has 106 valence electrons. The molecule has 2 aromatic rings. The number of anilines is 3. The number of nitrogens with two attached hydrogens (primary N) is 1. The van der Waals surface area contributed by atoms with E-state index >= 15 is 0 Å². The Kier molecular flexibility index (Phi) is 4.31. The van der Waals surface area contributed by atoms with Crippen molar-refractivity contribution in [3.8, 4) is 6.07 Å². The van der Waals surface area contributed by atoms with Gasteiger partial charge in [-0.05, 0) is 36.4 Å². The van der Waals surface area contributed by atoms with Gasteiger partial charge in [0, 0.05) is 11.4 Å². The first-order valence-corrected chi connectivity index (χ1v) is 6.37. The molecule has 0 saturated carbocycles. The second-order valence-corrected chi connectivity index (χ2v) is 4.63. The maximum absolute atomic E-state index is 11.6. The van der Waals surface area contributed by atoms with Crippen LogP contribution >= 0.6 is 11.6 Å². The van der Waals surface area contributed by atoms with Crippen LogP contribution in [0.25, 0.3) is 0 Å². The molecule has 0 radical (unpaired) electrons. The fourth-order valence-electron chi connectivity index (χ4n) is 1.77. The normalized spacial score (nSPS) is 9.76. The fourth-order valence-corrected chi connectivity index (χ4v) is 1.93. The van der Waals surface area contributed by atoms with Crippen LogP contribution in [-0.2, 0) is 4.74 Å². The predicted octanol–water partition coefficient (Wildman–Crippen LogP) is 3.32. The third-order valence-corrected chi connectivity index (χ3v) is 3.16. The van der Waals surface area contributed by atoms with Gasteiger partial charge < -0.3 is 15.8 Å². The minimum absolute atomic E-state index is 0.259. The quantitative estimate of drug-likeness (QED) is 0.670. The Morgan fingerprint density at radius 2 is 2.10 bits per heavy atom. The molecule has 3 N–H and O–H groups in total. The number of esters is 1. The van der Waals surface area contributed by atoms with Gasteiger partial charge in [-0.2, -0.15) is 5.26 Å². The summed E-state index contributed by atoms with van der Waals surface area (Å²) < 4.78 is 4.67. The Hall–Kier alpha value is -2.71. The highest BCUT2D eigenvalue weighted by molar-refractivity contribution is 6.33. The van der Waals surface area contributed by atoms with E-state index in [0.717, 1.165) is 0 Å². The average molecular weight is 302 g/mol. The molecule has 0 amide bonds. The van der Waals surface area contributed by atoms with Crippen LogP contribution in [0.2, 0.25) is 5.02 Å². The maximum Gasteiger partial charge on any atom is 0.340 e. The molecule has 0 aliphatic rings. The van der Waals surface area contributed by atoms with Gasteiger partial charge >= 0.3 is 5.97 Å². The van der Waals surface area contributed by atoms with E-state index in [2.05, 4.69) is 10.1 Å². The Bertz CT molecular complexity index is 738. The zero-order valence-electron chi connectivity index (χ0n) is 11.2. The number of benzene rings is 2. The number of ether oxygens (including phenoxy) is 1. The largest absolute Gasteiger partial charge is 0.465 e. The Morgan fingerprint density at radius 3 is 2.76 bits per heavy atom. The van der Waals surface area contributed by atoms with Gasteiger partial charge in [-0.25, -0.2) is 4.79 Å². The summed E-state index contributed by atoms with van der Waals surface area (Å²) in [7, 11) is 1.29. The van der Waals surface area contributed by atoms with Gasteiger partial charge in [0.1, 0.15) is 0 Å². The minimum Gasteiger partial charge on any atom is -0.465 e. The number of methoxy groups -OCH3 is 1. The second kappa shape index (κ2) is 6.16. The van der Waals surface area contributed by atoms with Gasteiger partial charge in [-0.3, -0.25) is 0 Å². The summed E-state index contributed by atoms with van der Waals surface area (Å²) in [5.41, 5.74) is 7.98. The van der Waals surface area contributed by atoms with Crippen molar-refractivity contribution in [1.82, 2.24) is 0 Å². The monoisotopic (exact) mass is 301 g/mol. The first kappa shape index (κ1) is 14.7. The highest BCUT2D eigenvalue weighted by Crippen LogP contribution is 2.28. The first-order chi connectivity index (χ1) is 10.0. The number of hydrogen-bond acceptors (Lipinski definition) is 5. The summed E-state index contributed by atoms with van der Waals surface area (Å²) in [6.07, 6.45) is 0. The molecular weight excluding hydrogens is 290 g/mol. The lowest BCUT2D eigenvalue weighted by Crippen LogP contribution is -2.06. The molecule has 0 fully saturated rings. The second-order valence-electron chi connectivity index (χ2n) is 4.23. The fraction of sp³-hybridized carbons (Fsp3) is 0.0667. The molecule has 0 saturated heterocycles. The lowest BCUT2D eigenvalue weighted by atomic mass is 10.1. The summed E-state index contributed by atoms with van der Waals surface area (Å²) in [5, 5.41) is 12.4.